The second-order valence-corrected chi connectivity index (χ2v) is 10.6. The Kier molecular flexibility index (Phi) is 4.63. The van der Waals surface area contributed by atoms with E-state index in [2.05, 4.69) is 20.4 Å². The van der Waals surface area contributed by atoms with Gasteiger partial charge in [-0.15, -0.1) is 0 Å². The molecule has 6 heteroatoms. The number of ether oxygens (including phenoxy) is 2. The summed E-state index contributed by atoms with van der Waals surface area (Å²) in [5.41, 5.74) is -0.531. The zero-order chi connectivity index (χ0) is 22.2. The topological polar surface area (TPSA) is 89.9 Å². The van der Waals surface area contributed by atoms with Crippen molar-refractivity contribution < 1.29 is 29.0 Å². The quantitative estimate of drug-likeness (QED) is 0.423. The highest BCUT2D eigenvalue weighted by atomic mass is 16.6. The number of fused-ring (bicyclic) bond motifs is 3. The van der Waals surface area contributed by atoms with E-state index in [4.69, 9.17) is 9.47 Å². The molecule has 0 amide bonds. The van der Waals surface area contributed by atoms with Crippen LogP contribution in [0.5, 0.6) is 0 Å². The molecule has 0 aromatic rings. The maximum Gasteiger partial charge on any atom is 0.302 e. The van der Waals surface area contributed by atoms with Gasteiger partial charge < -0.3 is 14.6 Å². The first kappa shape index (κ1) is 21.3. The summed E-state index contributed by atoms with van der Waals surface area (Å²) in [4.78, 5) is 37.6. The van der Waals surface area contributed by atoms with Gasteiger partial charge in [0.2, 0.25) is 0 Å². The summed E-state index contributed by atoms with van der Waals surface area (Å²) in [6, 6.07) is 0. The Morgan fingerprint density at radius 3 is 2.37 bits per heavy atom. The molecule has 0 aliphatic heterocycles. The Morgan fingerprint density at radius 2 is 1.77 bits per heavy atom. The molecule has 0 saturated heterocycles. The fourth-order valence-electron chi connectivity index (χ4n) is 7.42. The van der Waals surface area contributed by atoms with Crippen LogP contribution < -0.4 is 0 Å². The number of carbonyl (C=O) groups excluding carboxylic acids is 3. The Hall–Kier alpha value is -1.95. The van der Waals surface area contributed by atoms with Gasteiger partial charge in [-0.2, -0.15) is 0 Å². The molecule has 164 valence electrons. The smallest absolute Gasteiger partial charge is 0.302 e. The zero-order valence-electron chi connectivity index (χ0n) is 18.5. The van der Waals surface area contributed by atoms with Crippen molar-refractivity contribution in [3.63, 3.8) is 0 Å². The van der Waals surface area contributed by atoms with Crippen molar-refractivity contribution in [3.8, 4) is 0 Å². The van der Waals surface area contributed by atoms with E-state index in [1.165, 1.54) is 13.8 Å². The highest BCUT2D eigenvalue weighted by molar-refractivity contribution is 6.05. The maximum atomic E-state index is 13.5. The molecule has 4 rings (SSSR count). The molecule has 4 aliphatic carbocycles. The normalized spacial score (nSPS) is 43.9. The second kappa shape index (κ2) is 6.52. The van der Waals surface area contributed by atoms with E-state index in [1.54, 1.807) is 0 Å². The van der Waals surface area contributed by atoms with Gasteiger partial charge in [-0.3, -0.25) is 14.4 Å². The number of esters is 2. The molecular formula is C24H32O6. The molecule has 0 heterocycles. The number of hydrogen-bond donors (Lipinski definition) is 1. The van der Waals surface area contributed by atoms with Gasteiger partial charge in [-0.05, 0) is 35.8 Å². The van der Waals surface area contributed by atoms with Gasteiger partial charge in [0.25, 0.3) is 0 Å². The molecule has 3 saturated carbocycles. The van der Waals surface area contributed by atoms with Gasteiger partial charge in [0, 0.05) is 37.5 Å². The van der Waals surface area contributed by atoms with E-state index in [0.29, 0.717) is 24.8 Å². The van der Waals surface area contributed by atoms with E-state index in [1.807, 2.05) is 13.0 Å². The summed E-state index contributed by atoms with van der Waals surface area (Å²) in [5.74, 6) is -1.30. The predicted molar refractivity (Wildman–Crippen MR) is 109 cm³/mol. The number of ketones is 1. The average molecular weight is 417 g/mol. The van der Waals surface area contributed by atoms with E-state index >= 15 is 0 Å². The number of rotatable bonds is 2. The first-order chi connectivity index (χ1) is 13.8. The minimum Gasteiger partial charge on any atom is -0.462 e. The summed E-state index contributed by atoms with van der Waals surface area (Å²) in [6.45, 7) is 13.1. The van der Waals surface area contributed by atoms with E-state index in [0.717, 1.165) is 12.0 Å². The van der Waals surface area contributed by atoms with Crippen LogP contribution in [0.25, 0.3) is 0 Å². The van der Waals surface area contributed by atoms with Gasteiger partial charge in [-0.25, -0.2) is 0 Å². The van der Waals surface area contributed by atoms with Crippen molar-refractivity contribution in [2.45, 2.75) is 78.6 Å². The van der Waals surface area contributed by atoms with Crippen LogP contribution in [0.4, 0.5) is 0 Å². The van der Waals surface area contributed by atoms with Gasteiger partial charge in [-0.1, -0.05) is 33.4 Å². The second-order valence-electron chi connectivity index (χ2n) is 10.6. The van der Waals surface area contributed by atoms with Crippen molar-refractivity contribution in [3.05, 3.63) is 23.8 Å². The molecule has 30 heavy (non-hydrogen) atoms. The van der Waals surface area contributed by atoms with Crippen LogP contribution in [0.2, 0.25) is 0 Å². The van der Waals surface area contributed by atoms with Crippen molar-refractivity contribution in [1.29, 1.82) is 0 Å². The van der Waals surface area contributed by atoms with Crippen LogP contribution in [-0.4, -0.2) is 41.1 Å². The lowest BCUT2D eigenvalue weighted by Crippen LogP contribution is -2.64. The van der Waals surface area contributed by atoms with Crippen LogP contribution >= 0.6 is 0 Å². The van der Waals surface area contributed by atoms with Crippen molar-refractivity contribution in [2.75, 3.05) is 0 Å². The molecule has 0 aromatic carbocycles. The molecular weight excluding hydrogens is 384 g/mol. The minimum atomic E-state index is -0.863. The Morgan fingerprint density at radius 1 is 1.13 bits per heavy atom. The van der Waals surface area contributed by atoms with E-state index < -0.39 is 29.1 Å². The molecule has 1 N–H and O–H groups in total. The number of aliphatic hydroxyl groups is 1. The lowest BCUT2D eigenvalue weighted by Gasteiger charge is -2.63. The number of aliphatic hydroxyl groups excluding tert-OH is 1. The molecule has 0 aromatic heterocycles. The zero-order valence-corrected chi connectivity index (χ0v) is 18.5. The maximum absolute atomic E-state index is 13.5. The van der Waals surface area contributed by atoms with Gasteiger partial charge in [0.15, 0.2) is 5.78 Å². The van der Waals surface area contributed by atoms with Crippen molar-refractivity contribution in [1.82, 2.24) is 0 Å². The lowest BCUT2D eigenvalue weighted by molar-refractivity contribution is -0.200. The molecule has 7 atom stereocenters. The van der Waals surface area contributed by atoms with Gasteiger partial charge in [0.05, 0.1) is 11.5 Å². The Labute approximate surface area is 177 Å². The largest absolute Gasteiger partial charge is 0.462 e. The fourth-order valence-corrected chi connectivity index (χ4v) is 7.42. The predicted octanol–water partition coefficient (Wildman–Crippen LogP) is 3.13. The van der Waals surface area contributed by atoms with Crippen LogP contribution in [0.15, 0.2) is 23.8 Å². The number of Topliss-reactive ketones (excluding diaryl/α,β-unsaturated/α-hetero) is 1. The fraction of sp³-hybridized carbons (Fsp3) is 0.708. The Bertz CT molecular complexity index is 869. The third-order valence-corrected chi connectivity index (χ3v) is 8.34. The minimum absolute atomic E-state index is 0.0721. The van der Waals surface area contributed by atoms with Gasteiger partial charge >= 0.3 is 11.9 Å². The molecule has 1 spiro atoms. The SMILES string of the molecule is C=C1C(=O)C23CC(OC(C)=O)C4C(C)(C)CCC(OC(C)=O)C4(C)C2=CC(O)C1C3. The molecule has 3 fully saturated rings. The summed E-state index contributed by atoms with van der Waals surface area (Å²) in [6.07, 6.45) is 2.38. The van der Waals surface area contributed by atoms with Gasteiger partial charge in [0.1, 0.15) is 12.2 Å². The summed E-state index contributed by atoms with van der Waals surface area (Å²) in [5, 5.41) is 10.9. The number of hydrogen-bond acceptors (Lipinski definition) is 6. The molecule has 0 radical (unpaired) electrons. The van der Waals surface area contributed by atoms with E-state index in [9.17, 15) is 19.5 Å². The van der Waals surface area contributed by atoms with Crippen molar-refractivity contribution in [2.24, 2.45) is 28.1 Å². The molecule has 6 nitrogen and oxygen atoms in total. The molecule has 7 unspecified atom stereocenters. The Balaban J connectivity index is 1.96. The summed E-state index contributed by atoms with van der Waals surface area (Å²) in [7, 11) is 0. The van der Waals surface area contributed by atoms with Crippen LogP contribution in [0, 0.1) is 28.1 Å². The third-order valence-electron chi connectivity index (χ3n) is 8.34. The van der Waals surface area contributed by atoms with Crippen LogP contribution in [-0.2, 0) is 23.9 Å². The first-order valence-corrected chi connectivity index (χ1v) is 10.8. The summed E-state index contributed by atoms with van der Waals surface area (Å²) < 4.78 is 11.7. The standard InChI is InChI=1S/C24H32O6/c1-12-15-10-24(21(12)28)11-17(29-13(2)25)20-22(4,5)8-7-19(30-14(3)26)23(20,6)18(24)9-16(15)27/h9,15-17,19-20,27H,1,7-8,10-11H2,2-6H3. The number of carbonyl (C=O) groups is 3. The van der Waals surface area contributed by atoms with Crippen LogP contribution in [0.3, 0.4) is 0 Å². The molecule has 2 bridgehead atoms. The highest BCUT2D eigenvalue weighted by Crippen LogP contribution is 2.70. The lowest BCUT2D eigenvalue weighted by atomic mass is 9.42. The monoisotopic (exact) mass is 416 g/mol. The van der Waals surface area contributed by atoms with Crippen LogP contribution in [0.1, 0.15) is 60.3 Å². The average Bonchev–Trinajstić information content (AvgIpc) is 2.82. The van der Waals surface area contributed by atoms with E-state index in [-0.39, 0.29) is 35.0 Å². The molecule has 4 aliphatic rings. The first-order valence-electron chi connectivity index (χ1n) is 10.8. The summed E-state index contributed by atoms with van der Waals surface area (Å²) >= 11 is 0. The highest BCUT2D eigenvalue weighted by Gasteiger charge is 2.70. The van der Waals surface area contributed by atoms with Crippen molar-refractivity contribution >= 4 is 17.7 Å². The third kappa shape index (κ3) is 2.68.